The largest absolute Gasteiger partial charge is 0.499 e. The molecule has 0 radical (unpaired) electrons. The van der Waals surface area contributed by atoms with Crippen molar-refractivity contribution in [2.24, 2.45) is 5.41 Å². The van der Waals surface area contributed by atoms with E-state index in [1.807, 2.05) is 54.6 Å². The first kappa shape index (κ1) is 41.8. The van der Waals surface area contributed by atoms with Crippen molar-refractivity contribution in [1.82, 2.24) is 15.3 Å². The summed E-state index contributed by atoms with van der Waals surface area (Å²) < 4.78 is 25.4. The molecule has 3 saturated heterocycles. The van der Waals surface area contributed by atoms with Gasteiger partial charge in [-0.2, -0.15) is 5.06 Å². The predicted octanol–water partition coefficient (Wildman–Crippen LogP) is 4.29. The fraction of sp³-hybridized carbons (Fsp3) is 0.605. The second kappa shape index (κ2) is 19.1. The van der Waals surface area contributed by atoms with E-state index < -0.39 is 65.5 Å². The highest BCUT2D eigenvalue weighted by atomic mass is 16.8. The highest BCUT2D eigenvalue weighted by Gasteiger charge is 2.76. The van der Waals surface area contributed by atoms with Gasteiger partial charge in [-0.05, 0) is 35.6 Å². The second-order valence-corrected chi connectivity index (χ2v) is 15.5. The lowest BCUT2D eigenvalue weighted by Gasteiger charge is -2.50. The summed E-state index contributed by atoms with van der Waals surface area (Å²) in [4.78, 5) is 51.9. The number of carbonyl (C=O) groups is 3. The molecule has 306 valence electrons. The van der Waals surface area contributed by atoms with E-state index in [4.69, 9.17) is 28.9 Å². The molecule has 2 aromatic rings. The Morgan fingerprint density at radius 1 is 0.964 bits per heavy atom. The number of ether oxygens (including phenoxy) is 4. The van der Waals surface area contributed by atoms with E-state index in [0.717, 1.165) is 55.2 Å². The van der Waals surface area contributed by atoms with Gasteiger partial charge in [0, 0.05) is 39.3 Å². The SMILES string of the molecule is CCCCCC1(CCCCC)O[C@@H]2[C@H](O1)[C@H]1ON(Cc3ccc(C=COCCO)cc3)[C@H]3C(=O)O[C@@H]2C[C@@]13C(=O)N(C)[C@H](Cc1ccccc1)C(=O)NCCO. The molecule has 1 saturated carbocycles. The van der Waals surface area contributed by atoms with Crippen molar-refractivity contribution in [1.29, 1.82) is 0 Å². The summed E-state index contributed by atoms with van der Waals surface area (Å²) in [5, 5.41) is 22.9. The lowest BCUT2D eigenvalue weighted by atomic mass is 9.62. The van der Waals surface area contributed by atoms with Crippen molar-refractivity contribution in [3.8, 4) is 0 Å². The van der Waals surface area contributed by atoms with Gasteiger partial charge in [0.15, 0.2) is 11.8 Å². The van der Waals surface area contributed by atoms with Gasteiger partial charge in [-0.25, -0.2) is 0 Å². The zero-order valence-electron chi connectivity index (χ0n) is 33.0. The number of amides is 2. The Bertz CT molecular complexity index is 1630. The Hall–Kier alpha value is -3.85. The molecule has 1 aliphatic carbocycles. The average molecular weight is 778 g/mol. The lowest BCUT2D eigenvalue weighted by molar-refractivity contribution is -0.225. The first-order valence-electron chi connectivity index (χ1n) is 20.4. The maximum absolute atomic E-state index is 15.5. The first-order valence-corrected chi connectivity index (χ1v) is 20.4. The minimum atomic E-state index is -1.46. The standard InChI is InChI=1S/C43H59N3O10/c1-4-6-11-20-42(21-12-7-5-2)54-35-34-28-43(41(51)45(3)33(39(49)44-22-23-47)27-31-13-9-8-10-14-31)37(40(50)53-34)46(56-38(43)36(35)55-42)29-32-17-15-30(16-18-32)19-25-52-26-24-48/h8-10,13-19,25,33-38,47-48H,4-7,11-12,20-24,26-29H2,1-3H3,(H,44,49)/t33-,34-,35+,36+,37+,38-,43+/m1/s1. The number of esters is 1. The Kier molecular flexibility index (Phi) is 14.2. The molecule has 7 atom stereocenters. The smallest absolute Gasteiger partial charge is 0.327 e. The van der Waals surface area contributed by atoms with Gasteiger partial charge in [0.05, 0.1) is 26.0 Å². The van der Waals surface area contributed by atoms with E-state index >= 15 is 4.79 Å². The minimum absolute atomic E-state index is 0.0329. The van der Waals surface area contributed by atoms with E-state index in [0.29, 0.717) is 12.8 Å². The summed E-state index contributed by atoms with van der Waals surface area (Å²) in [6.45, 7) is 4.39. The van der Waals surface area contributed by atoms with Gasteiger partial charge in [0.25, 0.3) is 0 Å². The van der Waals surface area contributed by atoms with Crippen LogP contribution in [0.15, 0.2) is 60.9 Å². The second-order valence-electron chi connectivity index (χ2n) is 15.5. The van der Waals surface area contributed by atoms with E-state index in [1.165, 1.54) is 11.2 Å². The van der Waals surface area contributed by atoms with E-state index in [9.17, 15) is 14.7 Å². The molecule has 13 nitrogen and oxygen atoms in total. The van der Waals surface area contributed by atoms with Gasteiger partial charge < -0.3 is 39.4 Å². The molecule has 2 amide bonds. The average Bonchev–Trinajstić information content (AvgIpc) is 3.76. The van der Waals surface area contributed by atoms with Crippen LogP contribution in [0.25, 0.3) is 6.08 Å². The summed E-state index contributed by atoms with van der Waals surface area (Å²) in [5.41, 5.74) is 1.11. The number of aliphatic hydroxyl groups excluding tert-OH is 2. The number of nitrogens with zero attached hydrogens (tertiary/aromatic N) is 2. The van der Waals surface area contributed by atoms with Crippen LogP contribution in [0.3, 0.4) is 0 Å². The molecule has 4 aliphatic rings. The molecule has 3 heterocycles. The molecule has 2 bridgehead atoms. The monoisotopic (exact) mass is 777 g/mol. The van der Waals surface area contributed by atoms with Crippen LogP contribution >= 0.6 is 0 Å². The summed E-state index contributed by atoms with van der Waals surface area (Å²) in [6.07, 6.45) is 7.95. The van der Waals surface area contributed by atoms with Crippen molar-refractivity contribution in [2.45, 2.75) is 127 Å². The minimum Gasteiger partial charge on any atom is -0.499 e. The van der Waals surface area contributed by atoms with E-state index in [2.05, 4.69) is 19.2 Å². The highest BCUT2D eigenvalue weighted by molar-refractivity contribution is 5.96. The Labute approximate surface area is 330 Å². The van der Waals surface area contributed by atoms with Crippen molar-refractivity contribution >= 4 is 23.9 Å². The number of rotatable bonds is 21. The summed E-state index contributed by atoms with van der Waals surface area (Å²) in [5.74, 6) is -2.30. The van der Waals surface area contributed by atoms with Gasteiger partial charge in [0.1, 0.15) is 42.5 Å². The summed E-state index contributed by atoms with van der Waals surface area (Å²) in [7, 11) is 1.61. The summed E-state index contributed by atoms with van der Waals surface area (Å²) in [6, 6.07) is 15.0. The number of aliphatic hydroxyl groups is 2. The number of likely N-dealkylation sites (N-methyl/N-ethyl adjacent to an activating group) is 1. The zero-order valence-corrected chi connectivity index (χ0v) is 33.0. The number of fused-ring (bicyclic) bond motifs is 4. The molecule has 0 spiro atoms. The van der Waals surface area contributed by atoms with Crippen LogP contribution < -0.4 is 5.32 Å². The van der Waals surface area contributed by atoms with Crippen LogP contribution in [0.1, 0.15) is 88.3 Å². The van der Waals surface area contributed by atoms with Crippen LogP contribution in [-0.4, -0.2) is 114 Å². The molecular weight excluding hydrogens is 718 g/mol. The van der Waals surface area contributed by atoms with Crippen LogP contribution in [0.2, 0.25) is 0 Å². The number of hydrogen-bond donors (Lipinski definition) is 3. The van der Waals surface area contributed by atoms with E-state index in [1.54, 1.807) is 18.2 Å². The van der Waals surface area contributed by atoms with E-state index in [-0.39, 0.29) is 45.8 Å². The van der Waals surface area contributed by atoms with Crippen molar-refractivity contribution in [2.75, 3.05) is 33.4 Å². The lowest BCUT2D eigenvalue weighted by Crippen LogP contribution is -2.70. The molecule has 4 fully saturated rings. The molecule has 0 aromatic heterocycles. The number of hydrogen-bond acceptors (Lipinski definition) is 11. The van der Waals surface area contributed by atoms with Crippen molar-refractivity contribution < 1.29 is 48.4 Å². The quantitative estimate of drug-likeness (QED) is 0.0945. The van der Waals surface area contributed by atoms with Gasteiger partial charge in [-0.3, -0.25) is 19.2 Å². The van der Waals surface area contributed by atoms with Crippen LogP contribution in [0, 0.1) is 5.41 Å². The zero-order chi connectivity index (χ0) is 39.7. The number of benzene rings is 2. The van der Waals surface area contributed by atoms with Gasteiger partial charge >= 0.3 is 5.97 Å². The molecule has 6 rings (SSSR count). The Morgan fingerprint density at radius 3 is 2.32 bits per heavy atom. The van der Waals surface area contributed by atoms with Gasteiger partial charge in [-0.15, -0.1) is 0 Å². The number of hydroxylamine groups is 2. The Balaban J connectivity index is 1.37. The molecule has 56 heavy (non-hydrogen) atoms. The fourth-order valence-electron chi connectivity index (χ4n) is 8.85. The topological polar surface area (TPSA) is 156 Å². The summed E-state index contributed by atoms with van der Waals surface area (Å²) >= 11 is 0. The molecular formula is C43H59N3O10. The number of carbonyl (C=O) groups excluding carboxylic acids is 3. The number of unbranched alkanes of at least 4 members (excludes halogenated alkanes) is 4. The normalized spacial score (nSPS) is 26.8. The highest BCUT2D eigenvalue weighted by Crippen LogP contribution is 2.58. The van der Waals surface area contributed by atoms with Crippen LogP contribution in [0.5, 0.6) is 0 Å². The predicted molar refractivity (Wildman–Crippen MR) is 207 cm³/mol. The maximum Gasteiger partial charge on any atom is 0.327 e. The maximum atomic E-state index is 15.5. The third-order valence-electron chi connectivity index (χ3n) is 11.6. The molecule has 2 aromatic carbocycles. The van der Waals surface area contributed by atoms with Crippen LogP contribution in [0.4, 0.5) is 0 Å². The molecule has 0 unspecified atom stereocenters. The Morgan fingerprint density at radius 2 is 1.66 bits per heavy atom. The van der Waals surface area contributed by atoms with Crippen molar-refractivity contribution in [3.63, 3.8) is 0 Å². The molecule has 13 heteroatoms. The first-order chi connectivity index (χ1) is 27.2. The van der Waals surface area contributed by atoms with Crippen molar-refractivity contribution in [3.05, 3.63) is 77.5 Å². The molecule has 3 N–H and O–H groups in total. The van der Waals surface area contributed by atoms with Crippen LogP contribution in [-0.2, 0) is 51.1 Å². The fourth-order valence-corrected chi connectivity index (χ4v) is 8.85. The third kappa shape index (κ3) is 8.83. The molecule has 3 aliphatic heterocycles. The number of nitrogens with one attached hydrogen (secondary N) is 1. The van der Waals surface area contributed by atoms with Gasteiger partial charge in [0.2, 0.25) is 11.8 Å². The third-order valence-corrected chi connectivity index (χ3v) is 11.6. The van der Waals surface area contributed by atoms with Gasteiger partial charge in [-0.1, -0.05) is 94.1 Å².